The Morgan fingerprint density at radius 1 is 1.29 bits per heavy atom. The molecule has 2 heterocycles. The topological polar surface area (TPSA) is 32.8 Å². The summed E-state index contributed by atoms with van der Waals surface area (Å²) < 4.78 is 5.34. The largest absolute Gasteiger partial charge is 0.446 e. The molecule has 0 saturated carbocycles. The van der Waals surface area contributed by atoms with E-state index in [1.165, 1.54) is 12.0 Å². The van der Waals surface area contributed by atoms with Gasteiger partial charge in [-0.2, -0.15) is 0 Å². The molecule has 1 amide bonds. The quantitative estimate of drug-likeness (QED) is 0.853. The number of rotatable bonds is 4. The molecule has 0 spiro atoms. The summed E-state index contributed by atoms with van der Waals surface area (Å²) in [4.78, 5) is 12.2. The first-order chi connectivity index (χ1) is 10.2. The fourth-order valence-corrected chi connectivity index (χ4v) is 3.52. The second kappa shape index (κ2) is 6.06. The van der Waals surface area contributed by atoms with E-state index in [1.807, 2.05) is 23.2 Å². The lowest BCUT2D eigenvalue weighted by Gasteiger charge is -2.36. The van der Waals surface area contributed by atoms with Gasteiger partial charge in [0.25, 0.3) is 0 Å². The van der Waals surface area contributed by atoms with Crippen molar-refractivity contribution in [3.05, 3.63) is 35.9 Å². The van der Waals surface area contributed by atoms with Crippen LogP contribution in [0, 0.1) is 5.92 Å². The van der Waals surface area contributed by atoms with E-state index in [0.29, 0.717) is 18.6 Å². The third-order valence-electron chi connectivity index (χ3n) is 4.56. The Balaban J connectivity index is 1.76. The summed E-state index contributed by atoms with van der Waals surface area (Å²) in [5.41, 5.74) is 1.26. The minimum Gasteiger partial charge on any atom is -0.446 e. The van der Waals surface area contributed by atoms with Gasteiger partial charge in [-0.05, 0) is 30.7 Å². The standard InChI is InChI=1S/C17H24N2O2/c1-13(2)16-9-6-10-18(16)19-15(12-21-17(19)20)11-14-7-4-3-5-8-14/h3-5,7-8,13,15-16H,6,9-12H2,1-2H3/t15-,16+/m0/s1. The van der Waals surface area contributed by atoms with Gasteiger partial charge in [0, 0.05) is 12.6 Å². The second-order valence-electron chi connectivity index (χ2n) is 6.38. The molecule has 1 aromatic carbocycles. The van der Waals surface area contributed by atoms with E-state index in [-0.39, 0.29) is 12.1 Å². The molecule has 0 aliphatic carbocycles. The van der Waals surface area contributed by atoms with Crippen molar-refractivity contribution in [3.63, 3.8) is 0 Å². The zero-order chi connectivity index (χ0) is 14.8. The number of nitrogens with zero attached hydrogens (tertiary/aromatic N) is 2. The van der Waals surface area contributed by atoms with Gasteiger partial charge in [0.05, 0.1) is 6.04 Å². The maximum Gasteiger partial charge on any atom is 0.424 e. The number of amides is 1. The summed E-state index contributed by atoms with van der Waals surface area (Å²) in [7, 11) is 0. The van der Waals surface area contributed by atoms with Crippen LogP contribution in [0.4, 0.5) is 4.79 Å². The lowest BCUT2D eigenvalue weighted by atomic mass is 10.0. The first-order valence-electron chi connectivity index (χ1n) is 7.93. The van der Waals surface area contributed by atoms with Crippen LogP contribution in [-0.2, 0) is 11.2 Å². The van der Waals surface area contributed by atoms with E-state index in [9.17, 15) is 4.79 Å². The minimum absolute atomic E-state index is 0.124. The van der Waals surface area contributed by atoms with Crippen LogP contribution in [0.5, 0.6) is 0 Å². The van der Waals surface area contributed by atoms with Gasteiger partial charge in [0.2, 0.25) is 0 Å². The summed E-state index contributed by atoms with van der Waals surface area (Å²) in [6.07, 6.45) is 3.00. The van der Waals surface area contributed by atoms with Gasteiger partial charge in [-0.3, -0.25) is 0 Å². The van der Waals surface area contributed by atoms with Crippen LogP contribution in [0.25, 0.3) is 0 Å². The first-order valence-corrected chi connectivity index (χ1v) is 7.93. The number of carbonyl (C=O) groups excluding carboxylic acids is 1. The Kier molecular flexibility index (Phi) is 4.15. The summed E-state index contributed by atoms with van der Waals surface area (Å²) in [5.74, 6) is 0.554. The average molecular weight is 288 g/mol. The molecule has 114 valence electrons. The van der Waals surface area contributed by atoms with Gasteiger partial charge in [0.15, 0.2) is 0 Å². The number of hydrogen-bond acceptors (Lipinski definition) is 3. The number of hydrogen-bond donors (Lipinski definition) is 0. The average Bonchev–Trinajstić information content (AvgIpc) is 3.07. The molecule has 1 aromatic rings. The molecular weight excluding hydrogens is 264 g/mol. The predicted octanol–water partition coefficient (Wildman–Crippen LogP) is 3.09. The highest BCUT2D eigenvalue weighted by Crippen LogP contribution is 2.30. The van der Waals surface area contributed by atoms with Crippen molar-refractivity contribution in [2.75, 3.05) is 13.2 Å². The number of cyclic esters (lactones) is 1. The highest BCUT2D eigenvalue weighted by Gasteiger charge is 2.42. The number of hydrazine groups is 1. The summed E-state index contributed by atoms with van der Waals surface area (Å²) >= 11 is 0. The molecule has 3 rings (SSSR count). The number of ether oxygens (including phenoxy) is 1. The van der Waals surface area contributed by atoms with E-state index < -0.39 is 0 Å². The molecule has 2 aliphatic heterocycles. The Hall–Kier alpha value is -1.55. The Morgan fingerprint density at radius 3 is 2.76 bits per heavy atom. The second-order valence-corrected chi connectivity index (χ2v) is 6.38. The van der Waals surface area contributed by atoms with Gasteiger partial charge >= 0.3 is 6.09 Å². The van der Waals surface area contributed by atoms with Crippen LogP contribution in [0.3, 0.4) is 0 Å². The first kappa shape index (κ1) is 14.4. The highest BCUT2D eigenvalue weighted by atomic mass is 16.6. The van der Waals surface area contributed by atoms with Crippen molar-refractivity contribution in [2.45, 2.75) is 45.2 Å². The molecule has 0 N–H and O–H groups in total. The van der Waals surface area contributed by atoms with Gasteiger partial charge in [0.1, 0.15) is 6.61 Å². The fourth-order valence-electron chi connectivity index (χ4n) is 3.52. The third kappa shape index (κ3) is 2.91. The van der Waals surface area contributed by atoms with Crippen molar-refractivity contribution >= 4 is 6.09 Å². The van der Waals surface area contributed by atoms with Gasteiger partial charge in [-0.15, -0.1) is 0 Å². The Labute approximate surface area is 126 Å². The molecule has 2 atom stereocenters. The Morgan fingerprint density at radius 2 is 2.05 bits per heavy atom. The van der Waals surface area contributed by atoms with Crippen molar-refractivity contribution in [2.24, 2.45) is 5.92 Å². The van der Waals surface area contributed by atoms with Gasteiger partial charge in [-0.25, -0.2) is 14.8 Å². The van der Waals surface area contributed by atoms with Crippen molar-refractivity contribution < 1.29 is 9.53 Å². The van der Waals surface area contributed by atoms with Gasteiger partial charge < -0.3 is 4.74 Å². The summed E-state index contributed by atoms with van der Waals surface area (Å²) in [6.45, 7) is 5.92. The lowest BCUT2D eigenvalue weighted by molar-refractivity contribution is -0.0258. The normalized spacial score (nSPS) is 26.6. The van der Waals surface area contributed by atoms with E-state index >= 15 is 0 Å². The predicted molar refractivity (Wildman–Crippen MR) is 81.7 cm³/mol. The van der Waals surface area contributed by atoms with Crippen LogP contribution >= 0.6 is 0 Å². The minimum atomic E-state index is -0.177. The number of benzene rings is 1. The smallest absolute Gasteiger partial charge is 0.424 e. The molecule has 0 unspecified atom stereocenters. The van der Waals surface area contributed by atoms with E-state index in [2.05, 4.69) is 31.0 Å². The highest BCUT2D eigenvalue weighted by molar-refractivity contribution is 5.69. The SMILES string of the molecule is CC(C)[C@H]1CCCN1N1C(=O)OC[C@@H]1Cc1ccccc1. The molecule has 4 heteroatoms. The van der Waals surface area contributed by atoms with Crippen LogP contribution in [0.15, 0.2) is 30.3 Å². The molecule has 2 aliphatic rings. The van der Waals surface area contributed by atoms with Crippen LogP contribution in [0.2, 0.25) is 0 Å². The van der Waals surface area contributed by atoms with Crippen LogP contribution in [-0.4, -0.2) is 41.3 Å². The maximum absolute atomic E-state index is 12.2. The maximum atomic E-state index is 12.2. The molecule has 21 heavy (non-hydrogen) atoms. The van der Waals surface area contributed by atoms with E-state index in [4.69, 9.17) is 4.74 Å². The monoisotopic (exact) mass is 288 g/mol. The molecular formula is C17H24N2O2. The van der Waals surface area contributed by atoms with Crippen molar-refractivity contribution in [3.8, 4) is 0 Å². The fraction of sp³-hybridized carbons (Fsp3) is 0.588. The van der Waals surface area contributed by atoms with E-state index in [0.717, 1.165) is 19.4 Å². The van der Waals surface area contributed by atoms with Crippen LogP contribution in [0.1, 0.15) is 32.3 Å². The summed E-state index contributed by atoms with van der Waals surface area (Å²) in [6, 6.07) is 10.9. The summed E-state index contributed by atoms with van der Waals surface area (Å²) in [5, 5.41) is 4.15. The molecule has 0 radical (unpaired) electrons. The van der Waals surface area contributed by atoms with Gasteiger partial charge in [-0.1, -0.05) is 44.2 Å². The molecule has 4 nitrogen and oxygen atoms in total. The van der Waals surface area contributed by atoms with Crippen molar-refractivity contribution in [1.29, 1.82) is 0 Å². The van der Waals surface area contributed by atoms with Crippen LogP contribution < -0.4 is 0 Å². The molecule has 2 saturated heterocycles. The van der Waals surface area contributed by atoms with Crippen molar-refractivity contribution in [1.82, 2.24) is 10.0 Å². The Bertz CT molecular complexity index is 489. The molecule has 0 bridgehead atoms. The number of carbonyl (C=O) groups is 1. The zero-order valence-electron chi connectivity index (χ0n) is 12.9. The lowest BCUT2D eigenvalue weighted by Crippen LogP contribution is -2.52. The zero-order valence-corrected chi connectivity index (χ0v) is 12.9. The molecule has 0 aromatic heterocycles. The third-order valence-corrected chi connectivity index (χ3v) is 4.56. The molecule has 2 fully saturated rings. The van der Waals surface area contributed by atoms with E-state index in [1.54, 1.807) is 0 Å².